The predicted molar refractivity (Wildman–Crippen MR) is 119 cm³/mol. The topological polar surface area (TPSA) is 91.6 Å². The number of furan rings is 1. The first-order chi connectivity index (χ1) is 15.9. The Morgan fingerprint density at radius 1 is 1.00 bits per heavy atom. The summed E-state index contributed by atoms with van der Waals surface area (Å²) in [6.07, 6.45) is -5.39. The summed E-state index contributed by atoms with van der Waals surface area (Å²) in [5, 5.41) is 15.1. The first-order valence-electron chi connectivity index (χ1n) is 9.63. The molecule has 2 amide bonds. The lowest BCUT2D eigenvalue weighted by Gasteiger charge is -2.44. The van der Waals surface area contributed by atoms with Gasteiger partial charge in [0.25, 0.3) is 0 Å². The molecular weight excluding hydrogens is 520 g/mol. The fourth-order valence-corrected chi connectivity index (χ4v) is 4.12. The average molecular weight is 534 g/mol. The van der Waals surface area contributed by atoms with Gasteiger partial charge in [-0.2, -0.15) is 13.2 Å². The van der Waals surface area contributed by atoms with Gasteiger partial charge in [-0.05, 0) is 54.6 Å². The number of aliphatic hydroxyl groups is 1. The maximum atomic E-state index is 14.0. The van der Waals surface area contributed by atoms with Gasteiger partial charge >= 0.3 is 12.2 Å². The van der Waals surface area contributed by atoms with Crippen molar-refractivity contribution in [2.24, 2.45) is 5.92 Å². The molecule has 0 radical (unpaired) electrons. The Labute approximate surface area is 205 Å². The first kappa shape index (κ1) is 24.4. The van der Waals surface area contributed by atoms with Gasteiger partial charge in [0.1, 0.15) is 23.5 Å². The molecule has 178 valence electrons. The molecule has 3 N–H and O–H groups in total. The summed E-state index contributed by atoms with van der Waals surface area (Å²) in [6.45, 7) is 0. The molecule has 0 unspecified atom stereocenters. The predicted octanol–water partition coefficient (Wildman–Crippen LogP) is 6.01. The van der Waals surface area contributed by atoms with E-state index in [1.807, 2.05) is 0 Å². The first-order valence-corrected chi connectivity index (χ1v) is 10.8. The van der Waals surface area contributed by atoms with E-state index >= 15 is 0 Å². The van der Waals surface area contributed by atoms with Crippen LogP contribution in [0.5, 0.6) is 0 Å². The van der Waals surface area contributed by atoms with Crippen molar-refractivity contribution in [2.45, 2.75) is 17.9 Å². The third-order valence-corrected chi connectivity index (χ3v) is 6.35. The number of urea groups is 1. The molecule has 4 rings (SSSR count). The van der Waals surface area contributed by atoms with Crippen LogP contribution < -0.4 is 10.6 Å². The molecule has 0 aliphatic carbocycles. The highest BCUT2D eigenvalue weighted by molar-refractivity contribution is 6.42. The zero-order valence-electron chi connectivity index (χ0n) is 16.8. The molecule has 1 aromatic heterocycles. The number of hydrogen-bond acceptors (Lipinski definition) is 4. The molecule has 1 fully saturated rings. The molecule has 2 aromatic carbocycles. The molecule has 3 atom stereocenters. The maximum Gasteiger partial charge on any atom is 0.437 e. The van der Waals surface area contributed by atoms with Gasteiger partial charge in [-0.25, -0.2) is 4.79 Å². The quantitative estimate of drug-likeness (QED) is 0.358. The highest BCUT2D eigenvalue weighted by atomic mass is 35.5. The fourth-order valence-electron chi connectivity index (χ4n) is 3.69. The highest BCUT2D eigenvalue weighted by Gasteiger charge is 2.66. The minimum atomic E-state index is -5.39. The molecule has 1 aliphatic rings. The summed E-state index contributed by atoms with van der Waals surface area (Å²) in [5.41, 5.74) is -3.59. The third-order valence-electron chi connectivity index (χ3n) is 5.35. The largest absolute Gasteiger partial charge is 0.459 e. The van der Waals surface area contributed by atoms with Crippen LogP contribution in [0.2, 0.25) is 15.1 Å². The minimum absolute atomic E-state index is 0.156. The molecule has 12 heteroatoms. The van der Waals surface area contributed by atoms with Crippen LogP contribution in [-0.4, -0.2) is 28.8 Å². The lowest BCUT2D eigenvalue weighted by Crippen LogP contribution is -2.72. The zero-order chi connectivity index (χ0) is 24.8. The van der Waals surface area contributed by atoms with Gasteiger partial charge in [-0.15, -0.1) is 0 Å². The lowest BCUT2D eigenvalue weighted by molar-refractivity contribution is -0.288. The number of ketones is 1. The molecular formula is C22H14Cl3F3N2O4. The molecule has 1 aliphatic heterocycles. The number of benzene rings is 2. The number of hydrogen-bond donors (Lipinski definition) is 3. The Morgan fingerprint density at radius 2 is 1.68 bits per heavy atom. The third kappa shape index (κ3) is 4.36. The van der Waals surface area contributed by atoms with Crippen molar-refractivity contribution in [3.05, 3.63) is 81.0 Å². The van der Waals surface area contributed by atoms with Gasteiger partial charge in [0.05, 0.1) is 10.0 Å². The van der Waals surface area contributed by atoms with Gasteiger partial charge < -0.3 is 20.2 Å². The molecule has 0 bridgehead atoms. The van der Waals surface area contributed by atoms with Gasteiger partial charge in [0, 0.05) is 16.1 Å². The number of alkyl halides is 3. The lowest BCUT2D eigenvalue weighted by atomic mass is 9.79. The van der Waals surface area contributed by atoms with E-state index in [9.17, 15) is 27.9 Å². The van der Waals surface area contributed by atoms with Crippen LogP contribution in [0.4, 0.5) is 18.0 Å². The van der Waals surface area contributed by atoms with E-state index in [0.717, 1.165) is 0 Å². The summed E-state index contributed by atoms with van der Waals surface area (Å²) >= 11 is 17.7. The van der Waals surface area contributed by atoms with E-state index in [2.05, 4.69) is 5.32 Å². The van der Waals surface area contributed by atoms with E-state index < -0.39 is 35.7 Å². The van der Waals surface area contributed by atoms with Crippen LogP contribution in [0.3, 0.4) is 0 Å². The molecule has 3 aromatic rings. The molecule has 1 saturated heterocycles. The van der Waals surface area contributed by atoms with Crippen LogP contribution in [0, 0.1) is 5.92 Å². The van der Waals surface area contributed by atoms with Crippen LogP contribution in [-0.2, 0) is 0 Å². The number of nitrogens with one attached hydrogen (secondary N) is 2. The summed E-state index contributed by atoms with van der Waals surface area (Å²) in [5.74, 6) is -3.33. The van der Waals surface area contributed by atoms with Crippen LogP contribution in [0.25, 0.3) is 11.3 Å². The highest BCUT2D eigenvalue weighted by Crippen LogP contribution is 2.45. The van der Waals surface area contributed by atoms with Gasteiger partial charge in [-0.3, -0.25) is 4.79 Å². The van der Waals surface area contributed by atoms with Crippen LogP contribution >= 0.6 is 34.8 Å². The van der Waals surface area contributed by atoms with Crippen molar-refractivity contribution in [3.63, 3.8) is 0 Å². The Balaban J connectivity index is 1.81. The summed E-state index contributed by atoms with van der Waals surface area (Å²) < 4.78 is 47.7. The Morgan fingerprint density at radius 3 is 2.29 bits per heavy atom. The monoisotopic (exact) mass is 532 g/mol. The molecule has 2 heterocycles. The number of amides is 2. The SMILES string of the molecule is O=C1N[C@@H](c2ccc(-c3ccc(Cl)c(Cl)c3)o2)[C@H](C(=O)c2ccc(Cl)cc2)[C@@](O)(C(F)(F)F)N1. The second-order valence-corrected chi connectivity index (χ2v) is 8.77. The average Bonchev–Trinajstić information content (AvgIpc) is 3.25. The number of Topliss-reactive ketones (excluding diaryl/α,β-unsaturated/α-hetero) is 1. The maximum absolute atomic E-state index is 14.0. The summed E-state index contributed by atoms with van der Waals surface area (Å²) in [6, 6.07) is 9.36. The molecule has 34 heavy (non-hydrogen) atoms. The van der Waals surface area contributed by atoms with Gasteiger partial charge in [0.15, 0.2) is 5.78 Å². The van der Waals surface area contributed by atoms with E-state index in [0.29, 0.717) is 5.56 Å². The normalized spacial score (nSPS) is 22.7. The number of carbonyl (C=O) groups excluding carboxylic acids is 2. The van der Waals surface area contributed by atoms with Gasteiger partial charge in [-0.1, -0.05) is 34.8 Å². The van der Waals surface area contributed by atoms with Crippen LogP contribution in [0.1, 0.15) is 22.2 Å². The van der Waals surface area contributed by atoms with Crippen molar-refractivity contribution in [1.29, 1.82) is 0 Å². The number of carbonyl (C=O) groups is 2. The number of halogens is 6. The van der Waals surface area contributed by atoms with E-state index in [1.54, 1.807) is 6.07 Å². The standard InChI is InChI=1S/C22H14Cl3F3N2O4/c23-12-4-1-10(2-5-12)19(31)17-18(29-20(32)30-21(17,33)22(26,27)28)16-8-7-15(34-16)11-3-6-13(24)14(25)9-11/h1-9,17-18,33H,(H2,29,30,32)/t17-,18+,21-/m1/s1. The summed E-state index contributed by atoms with van der Waals surface area (Å²) in [4.78, 5) is 25.4. The molecule has 0 saturated carbocycles. The Kier molecular flexibility index (Phi) is 6.32. The van der Waals surface area contributed by atoms with Crippen molar-refractivity contribution < 1.29 is 32.3 Å². The van der Waals surface area contributed by atoms with Crippen molar-refractivity contribution >= 4 is 46.6 Å². The molecule has 0 spiro atoms. The minimum Gasteiger partial charge on any atom is -0.459 e. The Bertz CT molecular complexity index is 1260. The van der Waals surface area contributed by atoms with Crippen molar-refractivity contribution in [3.8, 4) is 11.3 Å². The second-order valence-electron chi connectivity index (χ2n) is 7.52. The van der Waals surface area contributed by atoms with Crippen molar-refractivity contribution in [1.82, 2.24) is 10.6 Å². The zero-order valence-corrected chi connectivity index (χ0v) is 19.1. The van der Waals surface area contributed by atoms with Gasteiger partial charge in [0.2, 0.25) is 5.72 Å². The fraction of sp³-hybridized carbons (Fsp3) is 0.182. The summed E-state index contributed by atoms with van der Waals surface area (Å²) in [7, 11) is 0. The van der Waals surface area contributed by atoms with E-state index in [1.165, 1.54) is 53.8 Å². The van der Waals surface area contributed by atoms with Crippen LogP contribution in [0.15, 0.2) is 59.0 Å². The Hall–Kier alpha value is -2.72. The second kappa shape index (κ2) is 8.81. The van der Waals surface area contributed by atoms with E-state index in [4.69, 9.17) is 39.2 Å². The van der Waals surface area contributed by atoms with E-state index in [-0.39, 0.29) is 32.2 Å². The van der Waals surface area contributed by atoms with Crippen molar-refractivity contribution in [2.75, 3.05) is 0 Å². The number of rotatable bonds is 4. The smallest absolute Gasteiger partial charge is 0.437 e. The molecule has 6 nitrogen and oxygen atoms in total.